The number of nitrogens with one attached hydrogen (secondary N) is 1. The number of hydrogen-bond donors (Lipinski definition) is 1. The van der Waals surface area contributed by atoms with Gasteiger partial charge in [-0.25, -0.2) is 0 Å². The minimum Gasteiger partial charge on any atom is -0.357 e. The van der Waals surface area contributed by atoms with E-state index in [1.165, 1.54) is 5.56 Å². The molecule has 1 saturated heterocycles. The third-order valence-corrected chi connectivity index (χ3v) is 5.95. The lowest BCUT2D eigenvalue weighted by Gasteiger charge is -2.44. The Labute approximate surface area is 157 Å². The predicted molar refractivity (Wildman–Crippen MR) is 103 cm³/mol. The van der Waals surface area contributed by atoms with Crippen LogP contribution >= 0.6 is 0 Å². The highest BCUT2D eigenvalue weighted by Gasteiger charge is 2.44. The molecule has 2 atom stereocenters. The number of carbonyl (C=O) groups excluding carboxylic acids is 2. The Morgan fingerprint density at radius 1 is 1.00 bits per heavy atom. The average molecular weight is 359 g/mol. The molecule has 136 valence electrons. The van der Waals surface area contributed by atoms with Gasteiger partial charge in [-0.15, -0.1) is 0 Å². The molecule has 2 aliphatic rings. The topological polar surface area (TPSA) is 56.4 Å². The quantitative estimate of drug-likeness (QED) is 0.765. The number of piperazine rings is 1. The SMILES string of the molecule is CC(c1ccccc1)N1CC(=O)N2Cc3[nH]c4ccccc4c3CC2C1=O. The number of benzene rings is 2. The van der Waals surface area contributed by atoms with E-state index in [0.29, 0.717) is 13.0 Å². The monoisotopic (exact) mass is 359 g/mol. The third kappa shape index (κ3) is 2.46. The normalized spacial score (nSPS) is 20.6. The van der Waals surface area contributed by atoms with Gasteiger partial charge in [0, 0.05) is 23.0 Å². The van der Waals surface area contributed by atoms with Gasteiger partial charge < -0.3 is 14.8 Å². The van der Waals surface area contributed by atoms with E-state index in [4.69, 9.17) is 0 Å². The molecule has 5 heteroatoms. The molecular formula is C22H21N3O2. The Morgan fingerprint density at radius 2 is 1.74 bits per heavy atom. The molecule has 0 radical (unpaired) electrons. The number of hydrogen-bond acceptors (Lipinski definition) is 2. The van der Waals surface area contributed by atoms with Crippen LogP contribution in [0.2, 0.25) is 0 Å². The van der Waals surface area contributed by atoms with Crippen LogP contribution in [0, 0.1) is 0 Å². The summed E-state index contributed by atoms with van der Waals surface area (Å²) in [6.07, 6.45) is 0.571. The fraction of sp³-hybridized carbons (Fsp3) is 0.273. The Morgan fingerprint density at radius 3 is 2.56 bits per heavy atom. The predicted octanol–water partition coefficient (Wildman–Crippen LogP) is 3.02. The molecule has 2 amide bonds. The molecule has 3 heterocycles. The van der Waals surface area contributed by atoms with Crippen LogP contribution < -0.4 is 0 Å². The number of fused-ring (bicyclic) bond motifs is 4. The van der Waals surface area contributed by atoms with Crippen molar-refractivity contribution in [2.45, 2.75) is 32.0 Å². The summed E-state index contributed by atoms with van der Waals surface area (Å²) < 4.78 is 0. The number of amides is 2. The van der Waals surface area contributed by atoms with Gasteiger partial charge in [0.1, 0.15) is 12.6 Å². The summed E-state index contributed by atoms with van der Waals surface area (Å²) in [4.78, 5) is 33.1. The Bertz CT molecular complexity index is 1040. The fourth-order valence-corrected chi connectivity index (χ4v) is 4.44. The second-order valence-electron chi connectivity index (χ2n) is 7.42. The van der Waals surface area contributed by atoms with Gasteiger partial charge in [-0.1, -0.05) is 48.5 Å². The van der Waals surface area contributed by atoms with Gasteiger partial charge in [-0.2, -0.15) is 0 Å². The third-order valence-electron chi connectivity index (χ3n) is 5.95. The van der Waals surface area contributed by atoms with E-state index in [-0.39, 0.29) is 24.4 Å². The van der Waals surface area contributed by atoms with Crippen molar-refractivity contribution in [2.75, 3.05) is 6.54 Å². The van der Waals surface area contributed by atoms with Gasteiger partial charge in [-0.3, -0.25) is 9.59 Å². The summed E-state index contributed by atoms with van der Waals surface area (Å²) in [5.41, 5.74) is 4.34. The van der Waals surface area contributed by atoms with Crippen LogP contribution in [0.3, 0.4) is 0 Å². The highest BCUT2D eigenvalue weighted by Crippen LogP contribution is 2.34. The maximum Gasteiger partial charge on any atom is 0.246 e. The Kier molecular flexibility index (Phi) is 3.57. The van der Waals surface area contributed by atoms with Gasteiger partial charge in [0.2, 0.25) is 11.8 Å². The van der Waals surface area contributed by atoms with Crippen LogP contribution in [-0.2, 0) is 22.6 Å². The molecule has 2 aliphatic heterocycles. The van der Waals surface area contributed by atoms with E-state index in [2.05, 4.69) is 11.1 Å². The van der Waals surface area contributed by atoms with E-state index in [1.807, 2.05) is 55.5 Å². The molecule has 1 fully saturated rings. The molecule has 5 nitrogen and oxygen atoms in total. The fourth-order valence-electron chi connectivity index (χ4n) is 4.44. The molecule has 1 N–H and O–H groups in total. The molecule has 2 unspecified atom stereocenters. The van der Waals surface area contributed by atoms with Crippen molar-refractivity contribution >= 4 is 22.7 Å². The van der Waals surface area contributed by atoms with Gasteiger partial charge in [0.05, 0.1) is 12.6 Å². The maximum atomic E-state index is 13.3. The first-order valence-electron chi connectivity index (χ1n) is 9.37. The molecule has 5 rings (SSSR count). The molecule has 0 saturated carbocycles. The summed E-state index contributed by atoms with van der Waals surface area (Å²) in [7, 11) is 0. The number of nitrogens with zero attached hydrogens (tertiary/aromatic N) is 2. The van der Waals surface area contributed by atoms with Crippen LogP contribution in [0.15, 0.2) is 54.6 Å². The van der Waals surface area contributed by atoms with Crippen molar-refractivity contribution in [1.82, 2.24) is 14.8 Å². The first-order valence-corrected chi connectivity index (χ1v) is 9.37. The van der Waals surface area contributed by atoms with Crippen molar-refractivity contribution < 1.29 is 9.59 Å². The van der Waals surface area contributed by atoms with Crippen molar-refractivity contribution in [3.8, 4) is 0 Å². The second-order valence-corrected chi connectivity index (χ2v) is 7.42. The lowest BCUT2D eigenvalue weighted by atomic mass is 9.93. The van der Waals surface area contributed by atoms with Gasteiger partial charge in [0.25, 0.3) is 0 Å². The highest BCUT2D eigenvalue weighted by molar-refractivity contribution is 5.97. The molecule has 3 aromatic rings. The number of para-hydroxylation sites is 1. The molecule has 1 aromatic heterocycles. The van der Waals surface area contributed by atoms with Crippen molar-refractivity contribution in [1.29, 1.82) is 0 Å². The van der Waals surface area contributed by atoms with Crippen molar-refractivity contribution in [3.05, 3.63) is 71.4 Å². The highest BCUT2D eigenvalue weighted by atomic mass is 16.2. The molecular weight excluding hydrogens is 338 g/mol. The first-order chi connectivity index (χ1) is 13.1. The summed E-state index contributed by atoms with van der Waals surface area (Å²) in [5, 5.41) is 1.15. The van der Waals surface area contributed by atoms with E-state index in [1.54, 1.807) is 9.80 Å². The standard InChI is InChI=1S/C22H21N3O2/c1-14(15-7-3-2-4-8-15)24-13-21(26)25-12-19-17(11-20(25)22(24)27)16-9-5-6-10-18(16)23-19/h2-10,14,20,23H,11-13H2,1H3. The zero-order chi connectivity index (χ0) is 18.5. The van der Waals surface area contributed by atoms with Crippen LogP contribution in [-0.4, -0.2) is 39.2 Å². The molecule has 27 heavy (non-hydrogen) atoms. The number of H-pyrrole nitrogens is 1. The number of aromatic amines is 1. The van der Waals surface area contributed by atoms with Crippen molar-refractivity contribution in [2.24, 2.45) is 0 Å². The first kappa shape index (κ1) is 16.1. The van der Waals surface area contributed by atoms with E-state index in [0.717, 1.165) is 22.2 Å². The van der Waals surface area contributed by atoms with Gasteiger partial charge >= 0.3 is 0 Å². The van der Waals surface area contributed by atoms with Crippen molar-refractivity contribution in [3.63, 3.8) is 0 Å². The summed E-state index contributed by atoms with van der Waals surface area (Å²) in [6, 6.07) is 17.5. The number of rotatable bonds is 2. The van der Waals surface area contributed by atoms with E-state index in [9.17, 15) is 9.59 Å². The van der Waals surface area contributed by atoms with Crippen LogP contribution in [0.1, 0.15) is 29.8 Å². The molecule has 0 aliphatic carbocycles. The zero-order valence-electron chi connectivity index (χ0n) is 15.2. The van der Waals surface area contributed by atoms with E-state index >= 15 is 0 Å². The number of aromatic nitrogens is 1. The summed E-state index contributed by atoms with van der Waals surface area (Å²) >= 11 is 0. The summed E-state index contributed by atoms with van der Waals surface area (Å²) in [6.45, 7) is 2.61. The minimum atomic E-state index is -0.413. The Balaban J connectivity index is 1.50. The van der Waals surface area contributed by atoms with Gasteiger partial charge in [-0.05, 0) is 24.1 Å². The van der Waals surface area contributed by atoms with Gasteiger partial charge in [0.15, 0.2) is 0 Å². The lowest BCUT2D eigenvalue weighted by Crippen LogP contribution is -2.61. The Hall–Kier alpha value is -3.08. The largest absolute Gasteiger partial charge is 0.357 e. The minimum absolute atomic E-state index is 0.0201. The zero-order valence-corrected chi connectivity index (χ0v) is 15.2. The summed E-state index contributed by atoms with van der Waals surface area (Å²) in [5.74, 6) is 0.0635. The lowest BCUT2D eigenvalue weighted by molar-refractivity contribution is -0.159. The van der Waals surface area contributed by atoms with Crippen LogP contribution in [0.4, 0.5) is 0 Å². The molecule has 0 bridgehead atoms. The average Bonchev–Trinajstić information content (AvgIpc) is 3.07. The second kappa shape index (κ2) is 5.98. The van der Waals surface area contributed by atoms with E-state index < -0.39 is 6.04 Å². The van der Waals surface area contributed by atoms with Crippen LogP contribution in [0.5, 0.6) is 0 Å². The maximum absolute atomic E-state index is 13.3. The number of carbonyl (C=O) groups is 2. The molecule has 0 spiro atoms. The molecule has 2 aromatic carbocycles. The smallest absolute Gasteiger partial charge is 0.246 e. The van der Waals surface area contributed by atoms with Crippen LogP contribution in [0.25, 0.3) is 10.9 Å².